The molecular weight excluding hydrogens is 242 g/mol. The lowest BCUT2D eigenvalue weighted by Crippen LogP contribution is -2.54. The van der Waals surface area contributed by atoms with E-state index in [2.05, 4.69) is 5.32 Å². The number of halogens is 2. The van der Waals surface area contributed by atoms with Crippen molar-refractivity contribution in [3.8, 4) is 0 Å². The topological polar surface area (TPSA) is 49.4 Å². The Morgan fingerprint density at radius 2 is 1.94 bits per heavy atom. The van der Waals surface area contributed by atoms with Gasteiger partial charge in [0.15, 0.2) is 0 Å². The number of hydrogen-bond donors (Lipinski definition) is 1. The zero-order chi connectivity index (χ0) is 13.4. The van der Waals surface area contributed by atoms with Crippen molar-refractivity contribution in [1.82, 2.24) is 5.32 Å². The molecule has 1 aliphatic heterocycles. The predicted molar refractivity (Wildman–Crippen MR) is 61.1 cm³/mol. The lowest BCUT2D eigenvalue weighted by atomic mass is 10.1. The predicted octanol–water partition coefficient (Wildman–Crippen LogP) is 1.97. The van der Waals surface area contributed by atoms with Crippen LogP contribution in [0.5, 0.6) is 0 Å². The van der Waals surface area contributed by atoms with Crippen molar-refractivity contribution in [2.45, 2.75) is 13.8 Å². The van der Waals surface area contributed by atoms with Crippen LogP contribution in [-0.2, 0) is 4.79 Å². The molecule has 1 heterocycles. The Kier molecular flexibility index (Phi) is 3.02. The summed E-state index contributed by atoms with van der Waals surface area (Å²) >= 11 is 0. The third-order valence-corrected chi connectivity index (χ3v) is 2.90. The standard InChI is InChI=1S/C12H12F2N2O2/c1-6-3-9(14)10(4-8(6)13)16-5-7(2)11(17)15-12(16)18/h3-4,7H,5H2,1-2H3,(H,15,17,18). The number of imide groups is 1. The van der Waals surface area contributed by atoms with E-state index in [1.165, 1.54) is 6.92 Å². The van der Waals surface area contributed by atoms with Crippen LogP contribution >= 0.6 is 0 Å². The van der Waals surface area contributed by atoms with Crippen LogP contribution in [0.2, 0.25) is 0 Å². The minimum atomic E-state index is -0.736. The molecule has 1 aliphatic rings. The molecule has 0 aliphatic carbocycles. The number of hydrogen-bond acceptors (Lipinski definition) is 2. The molecule has 1 fully saturated rings. The molecule has 0 radical (unpaired) electrons. The van der Waals surface area contributed by atoms with Crippen molar-refractivity contribution in [2.24, 2.45) is 5.92 Å². The number of benzene rings is 1. The molecule has 1 unspecified atom stereocenters. The lowest BCUT2D eigenvalue weighted by molar-refractivity contribution is -0.123. The van der Waals surface area contributed by atoms with Gasteiger partial charge in [0.05, 0.1) is 11.6 Å². The fourth-order valence-electron chi connectivity index (χ4n) is 1.79. The molecule has 18 heavy (non-hydrogen) atoms. The van der Waals surface area contributed by atoms with Crippen LogP contribution in [0.15, 0.2) is 12.1 Å². The van der Waals surface area contributed by atoms with E-state index in [9.17, 15) is 18.4 Å². The molecule has 0 saturated carbocycles. The summed E-state index contributed by atoms with van der Waals surface area (Å²) in [7, 11) is 0. The molecule has 0 aromatic heterocycles. The summed E-state index contributed by atoms with van der Waals surface area (Å²) in [5.41, 5.74) is 0.00717. The molecule has 1 aromatic carbocycles. The van der Waals surface area contributed by atoms with Crippen LogP contribution in [0, 0.1) is 24.5 Å². The number of amides is 3. The Hall–Kier alpha value is -1.98. The Morgan fingerprint density at radius 1 is 1.28 bits per heavy atom. The van der Waals surface area contributed by atoms with Gasteiger partial charge in [-0.1, -0.05) is 6.92 Å². The average molecular weight is 254 g/mol. The summed E-state index contributed by atoms with van der Waals surface area (Å²) in [6, 6.07) is 1.26. The maximum Gasteiger partial charge on any atom is 0.328 e. The maximum absolute atomic E-state index is 13.7. The van der Waals surface area contributed by atoms with Crippen molar-refractivity contribution in [1.29, 1.82) is 0 Å². The van der Waals surface area contributed by atoms with Crippen LogP contribution in [0.25, 0.3) is 0 Å². The first-order chi connectivity index (χ1) is 8.40. The fraction of sp³-hybridized carbons (Fsp3) is 0.333. The Morgan fingerprint density at radius 3 is 2.61 bits per heavy atom. The van der Waals surface area contributed by atoms with E-state index in [0.717, 1.165) is 17.0 Å². The molecule has 1 aromatic rings. The molecule has 96 valence electrons. The molecule has 6 heteroatoms. The normalized spacial score (nSPS) is 20.0. The highest BCUT2D eigenvalue weighted by molar-refractivity contribution is 6.06. The number of urea groups is 1. The molecule has 1 atom stereocenters. The zero-order valence-electron chi connectivity index (χ0n) is 9.96. The first-order valence-electron chi connectivity index (χ1n) is 5.48. The molecule has 4 nitrogen and oxygen atoms in total. The molecule has 1 saturated heterocycles. The number of nitrogens with one attached hydrogen (secondary N) is 1. The summed E-state index contributed by atoms with van der Waals surface area (Å²) in [4.78, 5) is 23.9. The molecule has 3 amide bonds. The van der Waals surface area contributed by atoms with Gasteiger partial charge in [-0.25, -0.2) is 13.6 Å². The highest BCUT2D eigenvalue weighted by Crippen LogP contribution is 2.25. The minimum Gasteiger partial charge on any atom is -0.290 e. The van der Waals surface area contributed by atoms with Crippen molar-refractivity contribution < 1.29 is 18.4 Å². The smallest absolute Gasteiger partial charge is 0.290 e. The van der Waals surface area contributed by atoms with E-state index < -0.39 is 29.5 Å². The second-order valence-electron chi connectivity index (χ2n) is 4.36. The number of nitrogens with zero attached hydrogens (tertiary/aromatic N) is 1. The second-order valence-corrected chi connectivity index (χ2v) is 4.36. The quantitative estimate of drug-likeness (QED) is 0.832. The highest BCUT2D eigenvalue weighted by Gasteiger charge is 2.31. The fourth-order valence-corrected chi connectivity index (χ4v) is 1.79. The van der Waals surface area contributed by atoms with Crippen LogP contribution in [0.4, 0.5) is 19.3 Å². The van der Waals surface area contributed by atoms with Crippen molar-refractivity contribution >= 4 is 17.6 Å². The van der Waals surface area contributed by atoms with Crippen LogP contribution < -0.4 is 10.2 Å². The van der Waals surface area contributed by atoms with Crippen LogP contribution in [-0.4, -0.2) is 18.5 Å². The van der Waals surface area contributed by atoms with Gasteiger partial charge >= 0.3 is 6.03 Å². The lowest BCUT2D eigenvalue weighted by Gasteiger charge is -2.30. The average Bonchev–Trinajstić information content (AvgIpc) is 2.29. The molecule has 2 rings (SSSR count). The number of carbonyl (C=O) groups is 2. The van der Waals surface area contributed by atoms with Gasteiger partial charge in [-0.3, -0.25) is 15.0 Å². The maximum atomic E-state index is 13.7. The molecular formula is C12H12F2N2O2. The number of carbonyl (C=O) groups excluding carboxylic acids is 2. The first kappa shape index (κ1) is 12.5. The van der Waals surface area contributed by atoms with Gasteiger partial charge in [0.25, 0.3) is 0 Å². The summed E-state index contributed by atoms with van der Waals surface area (Å²) < 4.78 is 27.2. The van der Waals surface area contributed by atoms with Gasteiger partial charge in [-0.15, -0.1) is 0 Å². The van der Waals surface area contributed by atoms with E-state index in [0.29, 0.717) is 0 Å². The van der Waals surface area contributed by atoms with Gasteiger partial charge in [0.1, 0.15) is 11.6 Å². The van der Waals surface area contributed by atoms with E-state index in [4.69, 9.17) is 0 Å². The number of rotatable bonds is 1. The Bertz CT molecular complexity index is 531. The van der Waals surface area contributed by atoms with Gasteiger partial charge < -0.3 is 0 Å². The SMILES string of the molecule is Cc1cc(F)c(N2CC(C)C(=O)NC2=O)cc1F. The van der Waals surface area contributed by atoms with E-state index in [-0.39, 0.29) is 17.8 Å². The van der Waals surface area contributed by atoms with Gasteiger partial charge in [0.2, 0.25) is 5.91 Å². The highest BCUT2D eigenvalue weighted by atomic mass is 19.1. The van der Waals surface area contributed by atoms with Gasteiger partial charge in [-0.05, 0) is 18.6 Å². The van der Waals surface area contributed by atoms with Crippen LogP contribution in [0.3, 0.4) is 0 Å². The third-order valence-electron chi connectivity index (χ3n) is 2.90. The number of aryl methyl sites for hydroxylation is 1. The van der Waals surface area contributed by atoms with Gasteiger partial charge in [0, 0.05) is 12.6 Å². The molecule has 1 N–H and O–H groups in total. The summed E-state index contributed by atoms with van der Waals surface area (Å²) in [5.74, 6) is -2.16. The third kappa shape index (κ3) is 2.05. The monoisotopic (exact) mass is 254 g/mol. The summed E-state index contributed by atoms with van der Waals surface area (Å²) in [6.45, 7) is 3.08. The van der Waals surface area contributed by atoms with Gasteiger partial charge in [-0.2, -0.15) is 0 Å². The van der Waals surface area contributed by atoms with Crippen molar-refractivity contribution in [2.75, 3.05) is 11.4 Å². The van der Waals surface area contributed by atoms with E-state index in [1.54, 1.807) is 6.92 Å². The Labute approximate surface area is 103 Å². The largest absolute Gasteiger partial charge is 0.328 e. The molecule has 0 bridgehead atoms. The second kappa shape index (κ2) is 4.36. The molecule has 0 spiro atoms. The van der Waals surface area contributed by atoms with Crippen LogP contribution in [0.1, 0.15) is 12.5 Å². The number of anilines is 1. The zero-order valence-corrected chi connectivity index (χ0v) is 9.96. The van der Waals surface area contributed by atoms with Crippen molar-refractivity contribution in [3.05, 3.63) is 29.3 Å². The first-order valence-corrected chi connectivity index (χ1v) is 5.48. The Balaban J connectivity index is 2.39. The summed E-state index contributed by atoms with van der Waals surface area (Å²) in [5, 5.41) is 2.10. The van der Waals surface area contributed by atoms with E-state index in [1.807, 2.05) is 0 Å². The summed E-state index contributed by atoms with van der Waals surface area (Å²) in [6.07, 6.45) is 0. The van der Waals surface area contributed by atoms with E-state index >= 15 is 0 Å². The minimum absolute atomic E-state index is 0.0318. The van der Waals surface area contributed by atoms with Crippen molar-refractivity contribution in [3.63, 3.8) is 0 Å².